The second-order valence-corrected chi connectivity index (χ2v) is 9.29. The van der Waals surface area contributed by atoms with Gasteiger partial charge < -0.3 is 19.5 Å². The summed E-state index contributed by atoms with van der Waals surface area (Å²) in [7, 11) is 0.826. The number of benzene rings is 2. The number of amides is 1. The first-order chi connectivity index (χ1) is 14.8. The van der Waals surface area contributed by atoms with Crippen LogP contribution in [0.4, 0.5) is 5.69 Å². The van der Waals surface area contributed by atoms with E-state index in [4.69, 9.17) is 14.2 Å². The van der Waals surface area contributed by atoms with Crippen LogP contribution in [-0.4, -0.2) is 48.5 Å². The van der Waals surface area contributed by atoms with Gasteiger partial charge in [-0.1, -0.05) is 6.07 Å². The summed E-state index contributed by atoms with van der Waals surface area (Å²) in [5, 5.41) is 2.99. The molecular weight excluding hydrogens is 420 g/mol. The van der Waals surface area contributed by atoms with E-state index in [1.165, 1.54) is 14.2 Å². The van der Waals surface area contributed by atoms with Crippen molar-refractivity contribution in [1.82, 2.24) is 5.32 Å². The highest BCUT2D eigenvalue weighted by Crippen LogP contribution is 2.34. The predicted molar refractivity (Wildman–Crippen MR) is 119 cm³/mol. The van der Waals surface area contributed by atoms with Crippen molar-refractivity contribution in [2.45, 2.75) is 25.3 Å². The maximum Gasteiger partial charge on any atom is 0.241 e. The van der Waals surface area contributed by atoms with Crippen LogP contribution in [0.3, 0.4) is 0 Å². The van der Waals surface area contributed by atoms with Gasteiger partial charge >= 0.3 is 0 Å². The fourth-order valence-electron chi connectivity index (χ4n) is 3.81. The molecule has 0 aromatic heterocycles. The van der Waals surface area contributed by atoms with Crippen LogP contribution in [0.25, 0.3) is 0 Å². The molecule has 0 saturated heterocycles. The zero-order valence-corrected chi connectivity index (χ0v) is 19.0. The summed E-state index contributed by atoms with van der Waals surface area (Å²) in [4.78, 5) is 12.9. The maximum absolute atomic E-state index is 12.9. The van der Waals surface area contributed by atoms with Crippen molar-refractivity contribution < 1.29 is 27.4 Å². The number of rotatable bonds is 8. The van der Waals surface area contributed by atoms with Crippen LogP contribution >= 0.6 is 0 Å². The van der Waals surface area contributed by atoms with Gasteiger partial charge in [0.15, 0.2) is 0 Å². The Hall–Kier alpha value is -2.94. The Kier molecular flexibility index (Phi) is 6.94. The van der Waals surface area contributed by atoms with Crippen LogP contribution in [0.15, 0.2) is 36.4 Å². The topological polar surface area (TPSA) is 94.2 Å². The molecular formula is C22H28N2O6S. The van der Waals surface area contributed by atoms with E-state index < -0.39 is 15.9 Å². The number of sulfonamides is 1. The Labute approximate surface area is 183 Å². The monoisotopic (exact) mass is 448 g/mol. The molecule has 1 N–H and O–H groups in total. The van der Waals surface area contributed by atoms with Crippen LogP contribution in [0.5, 0.6) is 17.2 Å². The molecule has 0 bridgehead atoms. The number of anilines is 1. The Morgan fingerprint density at radius 1 is 1.06 bits per heavy atom. The molecule has 1 aliphatic carbocycles. The zero-order chi connectivity index (χ0) is 22.6. The van der Waals surface area contributed by atoms with Crippen molar-refractivity contribution in [2.75, 3.05) is 38.4 Å². The summed E-state index contributed by atoms with van der Waals surface area (Å²) in [5.74, 6) is 1.21. The smallest absolute Gasteiger partial charge is 0.241 e. The van der Waals surface area contributed by atoms with Gasteiger partial charge in [0.1, 0.15) is 23.8 Å². The SMILES string of the molecule is COc1ccc2c(c1)CCCC2NC(=O)CN(c1ccc(OC)cc1OC)S(C)(=O)=O. The van der Waals surface area contributed by atoms with Gasteiger partial charge in [0, 0.05) is 6.07 Å². The molecule has 0 radical (unpaired) electrons. The summed E-state index contributed by atoms with van der Waals surface area (Å²) in [6.07, 6.45) is 3.69. The first-order valence-electron chi connectivity index (χ1n) is 9.92. The average Bonchev–Trinajstić information content (AvgIpc) is 2.76. The normalized spacial score (nSPS) is 15.5. The molecule has 9 heteroatoms. The lowest BCUT2D eigenvalue weighted by atomic mass is 9.87. The molecule has 1 aliphatic rings. The number of carbonyl (C=O) groups excluding carboxylic acids is 1. The number of ether oxygens (including phenoxy) is 3. The number of fused-ring (bicyclic) bond motifs is 1. The molecule has 168 valence electrons. The van der Waals surface area contributed by atoms with Gasteiger partial charge in [-0.05, 0) is 54.7 Å². The van der Waals surface area contributed by atoms with E-state index >= 15 is 0 Å². The predicted octanol–water partition coefficient (Wildman–Crippen LogP) is 2.67. The molecule has 1 amide bonds. The van der Waals surface area contributed by atoms with Gasteiger partial charge in [0.2, 0.25) is 15.9 Å². The third-order valence-corrected chi connectivity index (χ3v) is 6.47. The Morgan fingerprint density at radius 2 is 1.74 bits per heavy atom. The van der Waals surface area contributed by atoms with Crippen LogP contribution in [0, 0.1) is 0 Å². The van der Waals surface area contributed by atoms with E-state index in [0.29, 0.717) is 11.5 Å². The van der Waals surface area contributed by atoms with Gasteiger partial charge in [-0.25, -0.2) is 8.42 Å². The van der Waals surface area contributed by atoms with Crippen molar-refractivity contribution in [3.8, 4) is 17.2 Å². The maximum atomic E-state index is 12.9. The van der Waals surface area contributed by atoms with E-state index in [0.717, 1.165) is 46.7 Å². The van der Waals surface area contributed by atoms with E-state index in [-0.39, 0.29) is 18.3 Å². The van der Waals surface area contributed by atoms with E-state index in [2.05, 4.69) is 5.32 Å². The van der Waals surface area contributed by atoms with Crippen LogP contribution in [0.2, 0.25) is 0 Å². The first-order valence-corrected chi connectivity index (χ1v) is 11.8. The molecule has 1 unspecified atom stereocenters. The molecule has 8 nitrogen and oxygen atoms in total. The molecule has 0 heterocycles. The van der Waals surface area contributed by atoms with Crippen LogP contribution in [0.1, 0.15) is 30.0 Å². The molecule has 0 spiro atoms. The number of methoxy groups -OCH3 is 3. The van der Waals surface area contributed by atoms with Gasteiger partial charge in [0.25, 0.3) is 0 Å². The van der Waals surface area contributed by atoms with Crippen molar-refractivity contribution in [1.29, 1.82) is 0 Å². The van der Waals surface area contributed by atoms with Gasteiger partial charge in [0.05, 0.1) is 39.3 Å². The number of hydrogen-bond acceptors (Lipinski definition) is 6. The Balaban J connectivity index is 1.82. The number of carbonyl (C=O) groups is 1. The lowest BCUT2D eigenvalue weighted by Crippen LogP contribution is -2.42. The van der Waals surface area contributed by atoms with E-state index in [1.54, 1.807) is 25.3 Å². The molecule has 0 fully saturated rings. The third kappa shape index (κ3) is 5.22. The Morgan fingerprint density at radius 3 is 2.39 bits per heavy atom. The molecule has 31 heavy (non-hydrogen) atoms. The summed E-state index contributed by atoms with van der Waals surface area (Å²) < 4.78 is 41.8. The lowest BCUT2D eigenvalue weighted by Gasteiger charge is -2.29. The standard InChI is InChI=1S/C22H28N2O6S/c1-28-16-8-10-18-15(12-16)6-5-7-19(18)23-22(25)14-24(31(4,26)27)20-11-9-17(29-2)13-21(20)30-3/h8-13,19H,5-7,14H2,1-4H3,(H,23,25). The highest BCUT2D eigenvalue weighted by Gasteiger charge is 2.27. The summed E-state index contributed by atoms with van der Waals surface area (Å²) in [6.45, 7) is -0.358. The molecule has 2 aromatic rings. The first kappa shape index (κ1) is 22.7. The molecule has 1 atom stereocenters. The molecule has 0 saturated carbocycles. The summed E-state index contributed by atoms with van der Waals surface area (Å²) in [5.41, 5.74) is 2.44. The highest BCUT2D eigenvalue weighted by molar-refractivity contribution is 7.92. The molecule has 0 aliphatic heterocycles. The van der Waals surface area contributed by atoms with Crippen LogP contribution in [-0.2, 0) is 21.2 Å². The van der Waals surface area contributed by atoms with Crippen molar-refractivity contribution >= 4 is 21.6 Å². The minimum Gasteiger partial charge on any atom is -0.497 e. The fraction of sp³-hybridized carbons (Fsp3) is 0.409. The van der Waals surface area contributed by atoms with Crippen molar-refractivity contribution in [3.05, 3.63) is 47.5 Å². The van der Waals surface area contributed by atoms with Gasteiger partial charge in [-0.2, -0.15) is 0 Å². The number of nitrogens with zero attached hydrogens (tertiary/aromatic N) is 1. The van der Waals surface area contributed by atoms with Crippen LogP contribution < -0.4 is 23.8 Å². The number of aryl methyl sites for hydroxylation is 1. The zero-order valence-electron chi connectivity index (χ0n) is 18.2. The number of hydrogen-bond donors (Lipinski definition) is 1. The quantitative estimate of drug-likeness (QED) is 0.667. The Bertz CT molecular complexity index is 1050. The second kappa shape index (κ2) is 9.47. The summed E-state index contributed by atoms with van der Waals surface area (Å²) >= 11 is 0. The largest absolute Gasteiger partial charge is 0.497 e. The minimum atomic E-state index is -3.74. The van der Waals surface area contributed by atoms with Crippen molar-refractivity contribution in [2.24, 2.45) is 0 Å². The lowest BCUT2D eigenvalue weighted by molar-refractivity contribution is -0.120. The second-order valence-electron chi connectivity index (χ2n) is 7.38. The highest BCUT2D eigenvalue weighted by atomic mass is 32.2. The minimum absolute atomic E-state index is 0.179. The molecule has 3 rings (SSSR count). The number of nitrogens with one attached hydrogen (secondary N) is 1. The van der Waals surface area contributed by atoms with E-state index in [9.17, 15) is 13.2 Å². The van der Waals surface area contributed by atoms with Crippen molar-refractivity contribution in [3.63, 3.8) is 0 Å². The fourth-order valence-corrected chi connectivity index (χ4v) is 4.67. The van der Waals surface area contributed by atoms with Gasteiger partial charge in [-0.3, -0.25) is 9.10 Å². The third-order valence-electron chi connectivity index (χ3n) is 5.34. The van der Waals surface area contributed by atoms with E-state index in [1.807, 2.05) is 18.2 Å². The average molecular weight is 449 g/mol. The summed E-state index contributed by atoms with van der Waals surface area (Å²) in [6, 6.07) is 10.4. The van der Waals surface area contributed by atoms with Gasteiger partial charge in [-0.15, -0.1) is 0 Å². The molecule has 2 aromatic carbocycles.